The Labute approximate surface area is 192 Å². The minimum absolute atomic E-state index is 0.0135. The Hall–Kier alpha value is -1.95. The van der Waals surface area contributed by atoms with Crippen LogP contribution in [0.25, 0.3) is 0 Å². The molecule has 2 amide bonds. The molecule has 6 nitrogen and oxygen atoms in total. The molecule has 32 heavy (non-hydrogen) atoms. The lowest BCUT2D eigenvalue weighted by molar-refractivity contribution is -0.144. The number of carbonyl (C=O) groups is 2. The summed E-state index contributed by atoms with van der Waals surface area (Å²) in [4.78, 5) is 37.6. The van der Waals surface area contributed by atoms with E-state index in [-0.39, 0.29) is 10.8 Å². The summed E-state index contributed by atoms with van der Waals surface area (Å²) in [5, 5.41) is 0. The fourth-order valence-corrected chi connectivity index (χ4v) is 7.24. The first-order valence-electron chi connectivity index (χ1n) is 12.7. The number of hydrogen-bond acceptors (Lipinski definition) is 4. The third-order valence-corrected chi connectivity index (χ3v) is 9.06. The lowest BCUT2D eigenvalue weighted by Crippen LogP contribution is -2.53. The number of rotatable bonds is 5. The summed E-state index contributed by atoms with van der Waals surface area (Å²) >= 11 is 0. The van der Waals surface area contributed by atoms with Crippen molar-refractivity contribution in [2.24, 2.45) is 16.7 Å². The molecule has 4 fully saturated rings. The van der Waals surface area contributed by atoms with E-state index in [2.05, 4.69) is 32.7 Å². The molecule has 6 heteroatoms. The van der Waals surface area contributed by atoms with Crippen LogP contribution in [0.2, 0.25) is 0 Å². The Morgan fingerprint density at radius 3 is 2.56 bits per heavy atom. The van der Waals surface area contributed by atoms with E-state index in [0.29, 0.717) is 17.7 Å². The van der Waals surface area contributed by atoms with E-state index >= 15 is 0 Å². The van der Waals surface area contributed by atoms with Crippen molar-refractivity contribution >= 4 is 11.8 Å². The summed E-state index contributed by atoms with van der Waals surface area (Å²) in [6.45, 7) is 8.04. The second-order valence-electron chi connectivity index (χ2n) is 10.7. The maximum absolute atomic E-state index is 13.7. The van der Waals surface area contributed by atoms with Crippen LogP contribution in [0.4, 0.5) is 0 Å². The highest BCUT2D eigenvalue weighted by atomic mass is 16.2. The van der Waals surface area contributed by atoms with Gasteiger partial charge in [0.05, 0.1) is 5.41 Å². The molecule has 4 heterocycles. The Kier molecular flexibility index (Phi) is 5.99. The molecule has 2 spiro atoms. The van der Waals surface area contributed by atoms with Crippen molar-refractivity contribution in [1.29, 1.82) is 0 Å². The second kappa shape index (κ2) is 8.77. The molecule has 1 aromatic rings. The zero-order chi connectivity index (χ0) is 22.2. The van der Waals surface area contributed by atoms with Crippen molar-refractivity contribution in [3.05, 3.63) is 30.1 Å². The number of carbonyl (C=O) groups excluding carboxylic acids is 2. The Morgan fingerprint density at radius 1 is 1.12 bits per heavy atom. The highest BCUT2D eigenvalue weighted by molar-refractivity contribution is 5.87. The van der Waals surface area contributed by atoms with Gasteiger partial charge in [0, 0.05) is 70.0 Å². The van der Waals surface area contributed by atoms with E-state index in [4.69, 9.17) is 0 Å². The van der Waals surface area contributed by atoms with Crippen LogP contribution in [0.1, 0.15) is 63.9 Å². The standard InChI is InChI=1S/C26H38N4O2/c1-2-29-15-11-26(24(29)32)20-28(18-22-8-5-12-27-17-22)19-25(26)9-13-30(14-10-25)23(31)16-21-6-3-4-7-21/h5,8,12,17,21H,2-4,6-7,9-11,13-16,18-20H2,1H3/t26-/m0/s1. The van der Waals surface area contributed by atoms with Crippen LogP contribution in [0, 0.1) is 16.7 Å². The molecule has 4 aliphatic rings. The minimum Gasteiger partial charge on any atom is -0.343 e. The molecule has 0 unspecified atom stereocenters. The van der Waals surface area contributed by atoms with E-state index in [0.717, 1.165) is 71.5 Å². The van der Waals surface area contributed by atoms with Gasteiger partial charge in [0.25, 0.3) is 0 Å². The zero-order valence-corrected chi connectivity index (χ0v) is 19.6. The van der Waals surface area contributed by atoms with Crippen molar-refractivity contribution in [2.75, 3.05) is 39.3 Å². The first-order chi connectivity index (χ1) is 15.6. The minimum atomic E-state index is -0.286. The summed E-state index contributed by atoms with van der Waals surface area (Å²) in [6, 6.07) is 4.12. The summed E-state index contributed by atoms with van der Waals surface area (Å²) in [5.41, 5.74) is 0.910. The van der Waals surface area contributed by atoms with Crippen LogP contribution in [-0.2, 0) is 16.1 Å². The molecule has 0 radical (unpaired) electrons. The van der Waals surface area contributed by atoms with Crippen LogP contribution < -0.4 is 0 Å². The van der Waals surface area contributed by atoms with Crippen LogP contribution in [0.3, 0.4) is 0 Å². The first kappa shape index (κ1) is 21.9. The largest absolute Gasteiger partial charge is 0.343 e. The summed E-state index contributed by atoms with van der Waals surface area (Å²) in [5.74, 6) is 1.30. The molecule has 3 aliphatic heterocycles. The van der Waals surface area contributed by atoms with Gasteiger partial charge in [-0.25, -0.2) is 0 Å². The predicted octanol–water partition coefficient (Wildman–Crippen LogP) is 3.32. The Morgan fingerprint density at radius 2 is 1.91 bits per heavy atom. The number of fused-ring (bicyclic) bond motifs is 1. The highest BCUT2D eigenvalue weighted by Gasteiger charge is 2.64. The third-order valence-electron chi connectivity index (χ3n) is 9.06. The van der Waals surface area contributed by atoms with E-state index in [1.54, 1.807) is 0 Å². The zero-order valence-electron chi connectivity index (χ0n) is 19.6. The molecular formula is C26H38N4O2. The maximum Gasteiger partial charge on any atom is 0.230 e. The molecule has 0 bridgehead atoms. The molecule has 3 saturated heterocycles. The first-order valence-corrected chi connectivity index (χ1v) is 12.7. The number of likely N-dealkylation sites (tertiary alicyclic amines) is 3. The van der Waals surface area contributed by atoms with E-state index in [1.807, 2.05) is 18.5 Å². The lowest BCUT2D eigenvalue weighted by Gasteiger charge is -2.47. The van der Waals surface area contributed by atoms with E-state index in [9.17, 15) is 9.59 Å². The number of hydrogen-bond donors (Lipinski definition) is 0. The van der Waals surface area contributed by atoms with Gasteiger partial charge < -0.3 is 9.80 Å². The van der Waals surface area contributed by atoms with Gasteiger partial charge in [0.15, 0.2) is 0 Å². The van der Waals surface area contributed by atoms with Gasteiger partial charge >= 0.3 is 0 Å². The maximum atomic E-state index is 13.7. The van der Waals surface area contributed by atoms with Crippen molar-refractivity contribution in [1.82, 2.24) is 19.7 Å². The lowest BCUT2D eigenvalue weighted by atomic mass is 9.60. The Bertz CT molecular complexity index is 829. The summed E-state index contributed by atoms with van der Waals surface area (Å²) in [7, 11) is 0. The number of amides is 2. The average molecular weight is 439 g/mol. The van der Waals surface area contributed by atoms with Crippen molar-refractivity contribution < 1.29 is 9.59 Å². The summed E-state index contributed by atoms with van der Waals surface area (Å²) in [6.07, 6.45) is 12.4. The van der Waals surface area contributed by atoms with Crippen LogP contribution >= 0.6 is 0 Å². The molecule has 1 aliphatic carbocycles. The van der Waals surface area contributed by atoms with E-state index < -0.39 is 0 Å². The third kappa shape index (κ3) is 3.74. The van der Waals surface area contributed by atoms with Crippen LogP contribution in [0.5, 0.6) is 0 Å². The second-order valence-corrected chi connectivity index (χ2v) is 10.7. The quantitative estimate of drug-likeness (QED) is 0.708. The SMILES string of the molecule is CCN1CC[C@]2(CN(Cc3cccnc3)CC23CCN(C(=O)CC2CCCC2)CC3)C1=O. The van der Waals surface area contributed by atoms with Gasteiger partial charge in [-0.2, -0.15) is 0 Å². The molecule has 0 aromatic carbocycles. The molecule has 1 atom stereocenters. The molecule has 1 saturated carbocycles. The fourth-order valence-electron chi connectivity index (χ4n) is 7.24. The van der Waals surface area contributed by atoms with Gasteiger partial charge in [0.2, 0.25) is 11.8 Å². The van der Waals surface area contributed by atoms with Gasteiger partial charge in [-0.3, -0.25) is 19.5 Å². The van der Waals surface area contributed by atoms with Gasteiger partial charge in [-0.15, -0.1) is 0 Å². The number of aromatic nitrogens is 1. The molecule has 174 valence electrons. The fraction of sp³-hybridized carbons (Fsp3) is 0.731. The topological polar surface area (TPSA) is 56.8 Å². The van der Waals surface area contributed by atoms with Crippen molar-refractivity contribution in [3.63, 3.8) is 0 Å². The molecule has 5 rings (SSSR count). The van der Waals surface area contributed by atoms with Crippen LogP contribution in [0.15, 0.2) is 24.5 Å². The molecule has 0 N–H and O–H groups in total. The van der Waals surface area contributed by atoms with E-state index in [1.165, 1.54) is 31.2 Å². The van der Waals surface area contributed by atoms with Crippen molar-refractivity contribution in [3.8, 4) is 0 Å². The normalized spacial score (nSPS) is 28.5. The van der Waals surface area contributed by atoms with Crippen molar-refractivity contribution in [2.45, 2.75) is 64.8 Å². The Balaban J connectivity index is 1.32. The molecular weight excluding hydrogens is 400 g/mol. The predicted molar refractivity (Wildman–Crippen MR) is 124 cm³/mol. The highest BCUT2D eigenvalue weighted by Crippen LogP contribution is 2.58. The average Bonchev–Trinajstić information content (AvgIpc) is 3.50. The van der Waals surface area contributed by atoms with Crippen LogP contribution in [-0.4, -0.2) is 70.8 Å². The smallest absolute Gasteiger partial charge is 0.230 e. The monoisotopic (exact) mass is 438 g/mol. The van der Waals surface area contributed by atoms with Gasteiger partial charge in [-0.1, -0.05) is 18.9 Å². The van der Waals surface area contributed by atoms with Gasteiger partial charge in [0.1, 0.15) is 0 Å². The number of pyridine rings is 1. The number of nitrogens with zero attached hydrogens (tertiary/aromatic N) is 4. The molecule has 1 aromatic heterocycles. The van der Waals surface area contributed by atoms with Gasteiger partial charge in [-0.05, 0) is 56.6 Å². The summed E-state index contributed by atoms with van der Waals surface area (Å²) < 4.78 is 0. The number of piperidine rings is 1.